The van der Waals surface area contributed by atoms with Gasteiger partial charge in [-0.05, 0) is 47.9 Å². The van der Waals surface area contributed by atoms with Crippen LogP contribution in [0.5, 0.6) is 11.5 Å². The smallest absolute Gasteiger partial charge is 0.435 e. The van der Waals surface area contributed by atoms with Gasteiger partial charge in [-0.3, -0.25) is 0 Å². The summed E-state index contributed by atoms with van der Waals surface area (Å²) in [6.45, 7) is 2.67. The second-order valence-electron chi connectivity index (χ2n) is 7.88. The molecule has 0 bridgehead atoms. The maximum absolute atomic E-state index is 13.3. The van der Waals surface area contributed by atoms with Gasteiger partial charge < -0.3 is 20.1 Å². The predicted molar refractivity (Wildman–Crippen MR) is 115 cm³/mol. The van der Waals surface area contributed by atoms with Crippen LogP contribution in [-0.4, -0.2) is 31.1 Å². The zero-order valence-corrected chi connectivity index (χ0v) is 17.6. The molecule has 4 aromatic rings. The second-order valence-corrected chi connectivity index (χ2v) is 7.88. The Morgan fingerprint density at radius 3 is 2.53 bits per heavy atom. The molecule has 0 aliphatic heterocycles. The van der Waals surface area contributed by atoms with Gasteiger partial charge in [-0.1, -0.05) is 13.0 Å². The third kappa shape index (κ3) is 4.29. The average molecular weight is 444 g/mol. The summed E-state index contributed by atoms with van der Waals surface area (Å²) < 4.78 is 43.0. The number of phenols is 2. The minimum absolute atomic E-state index is 0.0414. The van der Waals surface area contributed by atoms with Crippen LogP contribution in [0.3, 0.4) is 0 Å². The SMILES string of the molecule is CC(CNCc1cc(C(F)(F)F)nn1-c1cccc(O)c1)c1cn(C)c2ccc(O)cc12. The van der Waals surface area contributed by atoms with Gasteiger partial charge in [-0.15, -0.1) is 0 Å². The van der Waals surface area contributed by atoms with Gasteiger partial charge in [0.25, 0.3) is 0 Å². The molecule has 0 saturated carbocycles. The highest BCUT2D eigenvalue weighted by Crippen LogP contribution is 2.31. The number of rotatable bonds is 6. The lowest BCUT2D eigenvalue weighted by Crippen LogP contribution is -2.21. The lowest BCUT2D eigenvalue weighted by molar-refractivity contribution is -0.141. The Labute approximate surface area is 182 Å². The topological polar surface area (TPSA) is 75.2 Å². The number of halogens is 3. The van der Waals surface area contributed by atoms with Crippen molar-refractivity contribution in [2.75, 3.05) is 6.54 Å². The Morgan fingerprint density at radius 2 is 1.81 bits per heavy atom. The van der Waals surface area contributed by atoms with E-state index in [1.165, 1.54) is 16.8 Å². The number of nitrogens with zero attached hydrogens (tertiary/aromatic N) is 3. The van der Waals surface area contributed by atoms with Gasteiger partial charge in [0.15, 0.2) is 5.69 Å². The highest BCUT2D eigenvalue weighted by Gasteiger charge is 2.35. The summed E-state index contributed by atoms with van der Waals surface area (Å²) in [7, 11) is 1.93. The van der Waals surface area contributed by atoms with E-state index in [4.69, 9.17) is 0 Å². The van der Waals surface area contributed by atoms with Crippen LogP contribution < -0.4 is 5.32 Å². The van der Waals surface area contributed by atoms with Gasteiger partial charge in [-0.25, -0.2) is 4.68 Å². The molecular weight excluding hydrogens is 421 g/mol. The van der Waals surface area contributed by atoms with Crippen molar-refractivity contribution in [3.63, 3.8) is 0 Å². The van der Waals surface area contributed by atoms with E-state index in [9.17, 15) is 23.4 Å². The fraction of sp³-hybridized carbons (Fsp3) is 0.261. The van der Waals surface area contributed by atoms with Crippen molar-refractivity contribution in [1.29, 1.82) is 0 Å². The molecule has 0 spiro atoms. The summed E-state index contributed by atoms with van der Waals surface area (Å²) >= 11 is 0. The fourth-order valence-electron chi connectivity index (χ4n) is 3.86. The second kappa shape index (κ2) is 8.23. The third-order valence-corrected chi connectivity index (χ3v) is 5.44. The molecule has 0 fully saturated rings. The molecule has 2 aromatic heterocycles. The summed E-state index contributed by atoms with van der Waals surface area (Å²) in [6.07, 6.45) is -2.58. The standard InChI is InChI=1S/C23H23F3N4O2/c1-14(20-13-29(2)21-7-6-18(32)10-19(20)21)11-27-12-16-9-22(23(24,25)26)28-30(16)15-4-3-5-17(31)8-15/h3-10,13-14,27,31-32H,11-12H2,1-2H3. The van der Waals surface area contributed by atoms with E-state index in [0.717, 1.165) is 22.5 Å². The Kier molecular flexibility index (Phi) is 5.60. The van der Waals surface area contributed by atoms with Gasteiger partial charge in [0, 0.05) is 43.3 Å². The first-order valence-electron chi connectivity index (χ1n) is 10.1. The number of benzene rings is 2. The van der Waals surface area contributed by atoms with Crippen LogP contribution in [0.1, 0.15) is 29.8 Å². The molecule has 0 radical (unpaired) electrons. The summed E-state index contributed by atoms with van der Waals surface area (Å²) in [6, 6.07) is 12.2. The normalized spacial score (nSPS) is 13.0. The zero-order valence-electron chi connectivity index (χ0n) is 17.6. The Morgan fingerprint density at radius 1 is 1.06 bits per heavy atom. The third-order valence-electron chi connectivity index (χ3n) is 5.44. The van der Waals surface area contributed by atoms with Crippen LogP contribution in [-0.2, 0) is 19.8 Å². The van der Waals surface area contributed by atoms with Crippen LogP contribution in [0.4, 0.5) is 13.2 Å². The number of nitrogens with one attached hydrogen (secondary N) is 1. The monoisotopic (exact) mass is 444 g/mol. The Bertz CT molecular complexity index is 1260. The predicted octanol–water partition coefficient (Wildman–Crippen LogP) is 4.69. The van der Waals surface area contributed by atoms with Crippen LogP contribution in [0.15, 0.2) is 54.7 Å². The van der Waals surface area contributed by atoms with Crippen molar-refractivity contribution >= 4 is 10.9 Å². The first-order valence-corrected chi connectivity index (χ1v) is 10.1. The minimum atomic E-state index is -4.57. The molecule has 0 aliphatic rings. The number of hydrogen-bond acceptors (Lipinski definition) is 4. The van der Waals surface area contributed by atoms with Crippen molar-refractivity contribution < 1.29 is 23.4 Å². The summed E-state index contributed by atoms with van der Waals surface area (Å²) in [5.41, 5.74) is 1.69. The van der Waals surface area contributed by atoms with E-state index >= 15 is 0 Å². The molecule has 9 heteroatoms. The first kappa shape index (κ1) is 21.8. The van der Waals surface area contributed by atoms with Crippen LogP contribution in [0.25, 0.3) is 16.6 Å². The number of hydrogen-bond donors (Lipinski definition) is 3. The number of phenolic OH excluding ortho intramolecular Hbond substituents is 2. The lowest BCUT2D eigenvalue weighted by Gasteiger charge is -2.13. The quantitative estimate of drug-likeness (QED) is 0.404. The van der Waals surface area contributed by atoms with Crippen LogP contribution >= 0.6 is 0 Å². The van der Waals surface area contributed by atoms with E-state index in [1.807, 2.05) is 30.8 Å². The molecule has 2 aromatic carbocycles. The molecule has 6 nitrogen and oxygen atoms in total. The summed E-state index contributed by atoms with van der Waals surface area (Å²) in [4.78, 5) is 0. The Hall–Kier alpha value is -3.46. The lowest BCUT2D eigenvalue weighted by atomic mass is 10.0. The van der Waals surface area contributed by atoms with E-state index < -0.39 is 11.9 Å². The molecule has 168 valence electrons. The molecule has 1 unspecified atom stereocenters. The van der Waals surface area contributed by atoms with Crippen molar-refractivity contribution in [1.82, 2.24) is 19.7 Å². The van der Waals surface area contributed by atoms with E-state index in [0.29, 0.717) is 17.9 Å². The van der Waals surface area contributed by atoms with Gasteiger partial charge >= 0.3 is 6.18 Å². The number of aromatic nitrogens is 3. The van der Waals surface area contributed by atoms with E-state index in [1.54, 1.807) is 24.3 Å². The molecule has 0 aliphatic carbocycles. The molecular formula is C23H23F3N4O2. The first-order chi connectivity index (χ1) is 15.1. The van der Waals surface area contributed by atoms with Crippen molar-refractivity contribution in [2.45, 2.75) is 25.6 Å². The number of alkyl halides is 3. The van der Waals surface area contributed by atoms with Gasteiger partial charge in [0.2, 0.25) is 0 Å². The van der Waals surface area contributed by atoms with Crippen LogP contribution in [0, 0.1) is 0 Å². The van der Waals surface area contributed by atoms with Crippen molar-refractivity contribution in [2.24, 2.45) is 7.05 Å². The minimum Gasteiger partial charge on any atom is -0.508 e. The largest absolute Gasteiger partial charge is 0.508 e. The molecule has 0 amide bonds. The summed E-state index contributed by atoms with van der Waals surface area (Å²) in [5, 5.41) is 27.4. The van der Waals surface area contributed by atoms with Gasteiger partial charge in [-0.2, -0.15) is 18.3 Å². The van der Waals surface area contributed by atoms with Gasteiger partial charge in [0.05, 0.1) is 11.4 Å². The van der Waals surface area contributed by atoms with Crippen molar-refractivity contribution in [3.05, 3.63) is 71.7 Å². The molecule has 1 atom stereocenters. The zero-order chi connectivity index (χ0) is 23.0. The van der Waals surface area contributed by atoms with Gasteiger partial charge in [0.1, 0.15) is 11.5 Å². The number of fused-ring (bicyclic) bond motifs is 1. The summed E-state index contributed by atoms with van der Waals surface area (Å²) in [5.74, 6) is 0.165. The molecule has 0 saturated heterocycles. The molecule has 4 rings (SSSR count). The van der Waals surface area contributed by atoms with Crippen molar-refractivity contribution in [3.8, 4) is 17.2 Å². The number of aromatic hydroxyl groups is 2. The number of aryl methyl sites for hydroxylation is 1. The van der Waals surface area contributed by atoms with Crippen LogP contribution in [0.2, 0.25) is 0 Å². The highest BCUT2D eigenvalue weighted by molar-refractivity contribution is 5.85. The molecule has 32 heavy (non-hydrogen) atoms. The molecule has 3 N–H and O–H groups in total. The maximum atomic E-state index is 13.3. The molecule has 2 heterocycles. The Balaban J connectivity index is 1.55. The fourth-order valence-corrected chi connectivity index (χ4v) is 3.86. The average Bonchev–Trinajstić information content (AvgIpc) is 3.29. The van der Waals surface area contributed by atoms with E-state index in [2.05, 4.69) is 10.4 Å². The highest BCUT2D eigenvalue weighted by atomic mass is 19.4. The van der Waals surface area contributed by atoms with E-state index in [-0.39, 0.29) is 24.0 Å². The maximum Gasteiger partial charge on any atom is 0.435 e.